The summed E-state index contributed by atoms with van der Waals surface area (Å²) >= 11 is 0. The second kappa shape index (κ2) is 6.88. The van der Waals surface area contributed by atoms with Gasteiger partial charge < -0.3 is 9.84 Å². The molecule has 2 rings (SSSR count). The fourth-order valence-electron chi connectivity index (χ4n) is 3.57. The molecule has 1 aromatic heterocycles. The highest BCUT2D eigenvalue weighted by Crippen LogP contribution is 2.38. The van der Waals surface area contributed by atoms with Crippen LogP contribution in [0.4, 0.5) is 0 Å². The first-order valence-electron chi connectivity index (χ1n) is 8.19. The van der Waals surface area contributed by atoms with Gasteiger partial charge in [0.25, 0.3) is 0 Å². The number of hydrogen-bond acceptors (Lipinski definition) is 4. The first-order valence-corrected chi connectivity index (χ1v) is 8.19. The van der Waals surface area contributed by atoms with Crippen molar-refractivity contribution < 1.29 is 9.84 Å². The lowest BCUT2D eigenvalue weighted by Crippen LogP contribution is -2.49. The van der Waals surface area contributed by atoms with Gasteiger partial charge in [0, 0.05) is 19.1 Å². The molecule has 1 aromatic rings. The Hall–Kier alpha value is -0.940. The summed E-state index contributed by atoms with van der Waals surface area (Å²) in [6.45, 7) is 9.04. The molecule has 1 heterocycles. The van der Waals surface area contributed by atoms with Crippen molar-refractivity contribution in [3.8, 4) is 0 Å². The molecule has 0 bridgehead atoms. The number of aromatic nitrogens is 3. The number of nitrogens with zero attached hydrogens (tertiary/aromatic N) is 3. The maximum absolute atomic E-state index is 10.8. The van der Waals surface area contributed by atoms with Crippen molar-refractivity contribution in [1.82, 2.24) is 14.8 Å². The van der Waals surface area contributed by atoms with E-state index in [4.69, 9.17) is 4.74 Å². The molecule has 120 valence electrons. The van der Waals surface area contributed by atoms with Gasteiger partial charge in [-0.25, -0.2) is 9.67 Å². The molecule has 0 radical (unpaired) electrons. The van der Waals surface area contributed by atoms with Gasteiger partial charge in [-0.2, -0.15) is 5.10 Å². The van der Waals surface area contributed by atoms with Gasteiger partial charge >= 0.3 is 0 Å². The molecule has 1 N–H and O–H groups in total. The van der Waals surface area contributed by atoms with E-state index in [1.54, 1.807) is 6.33 Å². The normalized spacial score (nSPS) is 28.0. The summed E-state index contributed by atoms with van der Waals surface area (Å²) in [7, 11) is 0. The molecular formula is C16H29N3O2. The minimum Gasteiger partial charge on any atom is -0.390 e. The second-order valence-electron chi connectivity index (χ2n) is 6.63. The molecule has 5 heteroatoms. The van der Waals surface area contributed by atoms with Crippen LogP contribution in [0.3, 0.4) is 0 Å². The van der Waals surface area contributed by atoms with Crippen molar-refractivity contribution in [3.63, 3.8) is 0 Å². The van der Waals surface area contributed by atoms with Gasteiger partial charge in [-0.1, -0.05) is 19.8 Å². The van der Waals surface area contributed by atoms with E-state index >= 15 is 0 Å². The Morgan fingerprint density at radius 2 is 2.29 bits per heavy atom. The van der Waals surface area contributed by atoms with Crippen LogP contribution in [0, 0.1) is 5.92 Å². The lowest BCUT2D eigenvalue weighted by atomic mass is 9.74. The zero-order valence-electron chi connectivity index (χ0n) is 13.7. The summed E-state index contributed by atoms with van der Waals surface area (Å²) < 4.78 is 7.93. The summed E-state index contributed by atoms with van der Waals surface area (Å²) in [4.78, 5) is 4.32. The number of aliphatic hydroxyl groups excluding tert-OH is 1. The molecule has 0 saturated heterocycles. The number of rotatable bonds is 6. The van der Waals surface area contributed by atoms with Crippen LogP contribution in [0.1, 0.15) is 65.2 Å². The molecule has 3 unspecified atom stereocenters. The first kappa shape index (κ1) is 16.4. The van der Waals surface area contributed by atoms with Crippen LogP contribution in [0.25, 0.3) is 0 Å². The molecule has 1 aliphatic rings. The zero-order valence-corrected chi connectivity index (χ0v) is 13.7. The Morgan fingerprint density at radius 3 is 2.90 bits per heavy atom. The van der Waals surface area contributed by atoms with Crippen LogP contribution in [-0.2, 0) is 11.2 Å². The van der Waals surface area contributed by atoms with Crippen LogP contribution in [0.15, 0.2) is 6.33 Å². The van der Waals surface area contributed by atoms with E-state index in [1.165, 1.54) is 6.42 Å². The molecule has 21 heavy (non-hydrogen) atoms. The van der Waals surface area contributed by atoms with Crippen LogP contribution in [-0.4, -0.2) is 38.2 Å². The van der Waals surface area contributed by atoms with Gasteiger partial charge in [-0.3, -0.25) is 0 Å². The Balaban J connectivity index is 2.15. The van der Waals surface area contributed by atoms with E-state index in [0.717, 1.165) is 25.1 Å². The summed E-state index contributed by atoms with van der Waals surface area (Å²) in [5.41, 5.74) is -0.416. The maximum Gasteiger partial charge on any atom is 0.138 e. The van der Waals surface area contributed by atoms with Crippen molar-refractivity contribution in [2.75, 3.05) is 6.61 Å². The minimum absolute atomic E-state index is 0.253. The Labute approximate surface area is 127 Å². The molecule has 0 spiro atoms. The average molecular weight is 295 g/mol. The van der Waals surface area contributed by atoms with E-state index in [1.807, 2.05) is 11.6 Å². The van der Waals surface area contributed by atoms with Gasteiger partial charge in [0.05, 0.1) is 11.7 Å². The monoisotopic (exact) mass is 295 g/mol. The topological polar surface area (TPSA) is 60.2 Å². The predicted octanol–water partition coefficient (Wildman–Crippen LogP) is 2.75. The third kappa shape index (κ3) is 3.64. The van der Waals surface area contributed by atoms with Gasteiger partial charge in [0.2, 0.25) is 0 Å². The smallest absolute Gasteiger partial charge is 0.138 e. The summed E-state index contributed by atoms with van der Waals surface area (Å²) in [6, 6.07) is 0.253. The van der Waals surface area contributed by atoms with E-state index in [0.29, 0.717) is 18.9 Å². The second-order valence-corrected chi connectivity index (χ2v) is 6.63. The summed E-state index contributed by atoms with van der Waals surface area (Å²) in [5.74, 6) is 1.44. The standard InChI is InChI=1S/C16H29N3O2/c1-5-21-16(8-6-7-13(4)10-16)14(20)9-15-17-11-18-19(15)12(2)3/h11-14,20H,5-10H2,1-4H3. The Bertz CT molecular complexity index is 442. The molecule has 5 nitrogen and oxygen atoms in total. The quantitative estimate of drug-likeness (QED) is 0.876. The van der Waals surface area contributed by atoms with E-state index in [2.05, 4.69) is 30.9 Å². The van der Waals surface area contributed by atoms with Gasteiger partial charge in [-0.15, -0.1) is 0 Å². The molecular weight excluding hydrogens is 266 g/mol. The summed E-state index contributed by atoms with van der Waals surface area (Å²) in [6.07, 6.45) is 5.75. The maximum atomic E-state index is 10.8. The van der Waals surface area contributed by atoms with Crippen molar-refractivity contribution in [2.45, 2.75) is 77.5 Å². The average Bonchev–Trinajstić information content (AvgIpc) is 2.87. The molecule has 0 aliphatic heterocycles. The fourth-order valence-corrected chi connectivity index (χ4v) is 3.57. The van der Waals surface area contributed by atoms with Crippen molar-refractivity contribution in [1.29, 1.82) is 0 Å². The summed E-state index contributed by atoms with van der Waals surface area (Å²) in [5, 5.41) is 15.1. The van der Waals surface area contributed by atoms with Crippen LogP contribution >= 0.6 is 0 Å². The van der Waals surface area contributed by atoms with Crippen molar-refractivity contribution >= 4 is 0 Å². The highest BCUT2D eigenvalue weighted by Gasteiger charge is 2.42. The highest BCUT2D eigenvalue weighted by atomic mass is 16.5. The molecule has 0 aromatic carbocycles. The number of ether oxygens (including phenoxy) is 1. The number of aliphatic hydroxyl groups is 1. The molecule has 0 amide bonds. The van der Waals surface area contributed by atoms with Crippen molar-refractivity contribution in [2.24, 2.45) is 5.92 Å². The van der Waals surface area contributed by atoms with Gasteiger partial charge in [0.1, 0.15) is 12.2 Å². The van der Waals surface area contributed by atoms with E-state index < -0.39 is 11.7 Å². The van der Waals surface area contributed by atoms with Crippen LogP contribution in [0.2, 0.25) is 0 Å². The molecule has 1 saturated carbocycles. The highest BCUT2D eigenvalue weighted by molar-refractivity contribution is 4.99. The molecule has 1 aliphatic carbocycles. The largest absolute Gasteiger partial charge is 0.390 e. The zero-order chi connectivity index (χ0) is 15.5. The first-order chi connectivity index (χ1) is 9.98. The van der Waals surface area contributed by atoms with Crippen LogP contribution in [0.5, 0.6) is 0 Å². The molecule has 3 atom stereocenters. The SMILES string of the molecule is CCOC1(C(O)Cc2ncnn2C(C)C)CCCC(C)C1. The lowest BCUT2D eigenvalue weighted by Gasteiger charge is -2.43. The van der Waals surface area contributed by atoms with Crippen LogP contribution < -0.4 is 0 Å². The Kier molecular flexibility index (Phi) is 5.38. The lowest BCUT2D eigenvalue weighted by molar-refractivity contribution is -0.147. The fraction of sp³-hybridized carbons (Fsp3) is 0.875. The predicted molar refractivity (Wildman–Crippen MR) is 82.1 cm³/mol. The third-order valence-corrected chi connectivity index (χ3v) is 4.54. The minimum atomic E-state index is -0.526. The van der Waals surface area contributed by atoms with E-state index in [9.17, 15) is 5.11 Å². The molecule has 1 fully saturated rings. The van der Waals surface area contributed by atoms with Crippen molar-refractivity contribution in [3.05, 3.63) is 12.2 Å². The number of hydrogen-bond donors (Lipinski definition) is 1. The van der Waals surface area contributed by atoms with Gasteiger partial charge in [0.15, 0.2) is 0 Å². The van der Waals surface area contributed by atoms with E-state index in [-0.39, 0.29) is 6.04 Å². The third-order valence-electron chi connectivity index (χ3n) is 4.54. The Morgan fingerprint density at radius 1 is 1.52 bits per heavy atom. The van der Waals surface area contributed by atoms with Gasteiger partial charge in [-0.05, 0) is 39.5 Å².